The fourth-order valence-electron chi connectivity index (χ4n) is 3.73. The van der Waals surface area contributed by atoms with Crippen molar-refractivity contribution in [2.24, 2.45) is 5.16 Å². The molecule has 0 aliphatic heterocycles. The van der Waals surface area contributed by atoms with Gasteiger partial charge in [0.2, 0.25) is 0 Å². The lowest BCUT2D eigenvalue weighted by Gasteiger charge is -2.24. The molecule has 49 heavy (non-hydrogen) atoms. The van der Waals surface area contributed by atoms with Crippen molar-refractivity contribution in [1.82, 2.24) is 16.0 Å². The minimum atomic E-state index is -0.980. The highest BCUT2D eigenvalue weighted by molar-refractivity contribution is 6.01. The lowest BCUT2D eigenvalue weighted by Crippen LogP contribution is -2.47. The summed E-state index contributed by atoms with van der Waals surface area (Å²) >= 11 is 0. The molecular formula is C35H50N4O10. The molecule has 0 radical (unpaired) electrons. The Kier molecular flexibility index (Phi) is 15.2. The first kappa shape index (κ1) is 40.2. The van der Waals surface area contributed by atoms with Gasteiger partial charge in [-0.1, -0.05) is 42.5 Å². The second kappa shape index (κ2) is 18.5. The number of esters is 1. The van der Waals surface area contributed by atoms with Gasteiger partial charge in [0.05, 0.1) is 6.61 Å². The molecule has 3 amide bonds. The molecule has 0 aliphatic carbocycles. The maximum atomic E-state index is 12.9. The minimum absolute atomic E-state index is 0.0598. The van der Waals surface area contributed by atoms with Crippen molar-refractivity contribution >= 4 is 30.2 Å². The third-order valence-electron chi connectivity index (χ3n) is 5.60. The number of ether oxygens (including phenoxy) is 5. The Bertz CT molecular complexity index is 1360. The van der Waals surface area contributed by atoms with Gasteiger partial charge in [-0.05, 0) is 90.7 Å². The number of benzene rings is 2. The van der Waals surface area contributed by atoms with Crippen LogP contribution in [0.3, 0.4) is 0 Å². The van der Waals surface area contributed by atoms with Crippen LogP contribution in [0.2, 0.25) is 0 Å². The van der Waals surface area contributed by atoms with Crippen LogP contribution in [0.5, 0.6) is 5.75 Å². The van der Waals surface area contributed by atoms with Crippen LogP contribution in [-0.2, 0) is 41.6 Å². The Labute approximate surface area is 288 Å². The molecule has 14 nitrogen and oxygen atoms in total. The predicted octanol–water partition coefficient (Wildman–Crippen LogP) is 5.97. The van der Waals surface area contributed by atoms with Crippen molar-refractivity contribution in [2.45, 2.75) is 105 Å². The number of nitrogens with one attached hydrogen (secondary N) is 3. The minimum Gasteiger partial charge on any atom is -0.493 e. The topological polar surface area (TPSA) is 172 Å². The van der Waals surface area contributed by atoms with Gasteiger partial charge in [0, 0.05) is 12.8 Å². The molecule has 1 unspecified atom stereocenters. The van der Waals surface area contributed by atoms with Gasteiger partial charge in [-0.15, -0.1) is 0 Å². The molecule has 3 N–H and O–H groups in total. The van der Waals surface area contributed by atoms with Gasteiger partial charge in [0.15, 0.2) is 0 Å². The van der Waals surface area contributed by atoms with Gasteiger partial charge in [0.1, 0.15) is 41.8 Å². The summed E-state index contributed by atoms with van der Waals surface area (Å²) in [5.74, 6) is -0.322. The van der Waals surface area contributed by atoms with Gasteiger partial charge in [-0.25, -0.2) is 19.2 Å². The molecule has 2 rings (SSSR count). The molecule has 0 spiro atoms. The predicted molar refractivity (Wildman–Crippen MR) is 182 cm³/mol. The summed E-state index contributed by atoms with van der Waals surface area (Å²) in [4.78, 5) is 55.1. The van der Waals surface area contributed by atoms with E-state index in [1.807, 2.05) is 30.3 Å². The van der Waals surface area contributed by atoms with Gasteiger partial charge in [0.25, 0.3) is 5.96 Å². The summed E-state index contributed by atoms with van der Waals surface area (Å²) in [5, 5.41) is 11.1. The van der Waals surface area contributed by atoms with Crippen LogP contribution in [0, 0.1) is 0 Å². The number of hydrogen-bond donors (Lipinski definition) is 3. The van der Waals surface area contributed by atoms with E-state index in [4.69, 9.17) is 28.5 Å². The van der Waals surface area contributed by atoms with Gasteiger partial charge in [-0.2, -0.15) is 0 Å². The van der Waals surface area contributed by atoms with Gasteiger partial charge >= 0.3 is 24.2 Å². The third kappa shape index (κ3) is 18.8. The summed E-state index contributed by atoms with van der Waals surface area (Å²) < 4.78 is 27.0. The largest absolute Gasteiger partial charge is 0.493 e. The monoisotopic (exact) mass is 686 g/mol. The summed E-state index contributed by atoms with van der Waals surface area (Å²) in [6.07, 6.45) is -1.84. The van der Waals surface area contributed by atoms with E-state index in [0.29, 0.717) is 12.2 Å². The maximum absolute atomic E-state index is 12.9. The average Bonchev–Trinajstić information content (AvgIpc) is 2.96. The zero-order valence-corrected chi connectivity index (χ0v) is 29.8. The first-order chi connectivity index (χ1) is 22.8. The molecule has 0 fully saturated rings. The smallest absolute Gasteiger partial charge is 0.414 e. The van der Waals surface area contributed by atoms with Crippen molar-refractivity contribution < 1.29 is 47.7 Å². The van der Waals surface area contributed by atoms with Crippen molar-refractivity contribution in [3.63, 3.8) is 0 Å². The van der Waals surface area contributed by atoms with E-state index >= 15 is 0 Å². The summed E-state index contributed by atoms with van der Waals surface area (Å²) in [6, 6.07) is 15.3. The Balaban J connectivity index is 1.91. The number of carbonyl (C=O) groups is 4. The standard InChI is InChI=1S/C35H50N4O10/c1-33(2,3)47-28(40)27(36-30(41)45-23-25-14-11-10-12-15-25)22-24-16-18-26(19-17-24)44-20-13-21-46-39-29(37-31(42)48-34(4,5)6)38-32(43)49-35(7,8)9/h10-12,14-19,27H,13,20-23H2,1-9H3,(H,36,41)(H2,37,38,39,42,43). The third-order valence-corrected chi connectivity index (χ3v) is 5.60. The van der Waals surface area contributed by atoms with Crippen LogP contribution in [0.1, 0.15) is 79.9 Å². The molecule has 0 heterocycles. The average molecular weight is 687 g/mol. The quantitative estimate of drug-likeness (QED) is 0.0603. The Hall–Kier alpha value is -5.01. The van der Waals surface area contributed by atoms with E-state index in [-0.39, 0.29) is 32.2 Å². The SMILES string of the molecule is CC(C)(C)OC(=O)NC(=NOCCCOc1ccc(CC(NC(=O)OCc2ccccc2)C(=O)OC(C)(C)C)cc1)NC(=O)OC(C)(C)C. The molecule has 0 saturated carbocycles. The van der Waals surface area contributed by atoms with E-state index in [2.05, 4.69) is 21.1 Å². The number of nitrogens with zero attached hydrogens (tertiary/aromatic N) is 1. The molecule has 0 saturated heterocycles. The van der Waals surface area contributed by atoms with E-state index in [9.17, 15) is 19.2 Å². The van der Waals surface area contributed by atoms with Crippen molar-refractivity contribution in [3.8, 4) is 5.75 Å². The molecule has 2 aromatic carbocycles. The van der Waals surface area contributed by atoms with E-state index in [1.54, 1.807) is 86.6 Å². The highest BCUT2D eigenvalue weighted by Crippen LogP contribution is 2.16. The van der Waals surface area contributed by atoms with Crippen molar-refractivity contribution in [3.05, 3.63) is 65.7 Å². The van der Waals surface area contributed by atoms with Crippen LogP contribution in [0.15, 0.2) is 59.8 Å². The first-order valence-electron chi connectivity index (χ1n) is 15.9. The first-order valence-corrected chi connectivity index (χ1v) is 15.9. The van der Waals surface area contributed by atoms with E-state index in [0.717, 1.165) is 11.1 Å². The molecule has 0 aromatic heterocycles. The molecular weight excluding hydrogens is 636 g/mol. The van der Waals surface area contributed by atoms with Crippen LogP contribution in [0.4, 0.5) is 14.4 Å². The highest BCUT2D eigenvalue weighted by Gasteiger charge is 2.28. The molecule has 270 valence electrons. The molecule has 14 heteroatoms. The molecule has 2 aromatic rings. The van der Waals surface area contributed by atoms with Gasteiger partial charge < -0.3 is 33.8 Å². The Morgan fingerprint density at radius 1 is 0.673 bits per heavy atom. The van der Waals surface area contributed by atoms with Crippen LogP contribution in [-0.4, -0.2) is 66.3 Å². The van der Waals surface area contributed by atoms with E-state index < -0.39 is 47.1 Å². The molecule has 0 bridgehead atoms. The molecule has 0 aliphatic rings. The Morgan fingerprint density at radius 2 is 1.22 bits per heavy atom. The lowest BCUT2D eigenvalue weighted by molar-refractivity contribution is -0.157. The number of guanidine groups is 1. The number of amides is 3. The van der Waals surface area contributed by atoms with Crippen LogP contribution in [0.25, 0.3) is 0 Å². The van der Waals surface area contributed by atoms with Crippen molar-refractivity contribution in [1.29, 1.82) is 0 Å². The number of carbonyl (C=O) groups excluding carboxylic acids is 4. The number of rotatable bonds is 12. The summed E-state index contributed by atoms with van der Waals surface area (Å²) in [7, 11) is 0. The van der Waals surface area contributed by atoms with Crippen LogP contribution < -0.4 is 20.7 Å². The Morgan fingerprint density at radius 3 is 1.76 bits per heavy atom. The van der Waals surface area contributed by atoms with Crippen molar-refractivity contribution in [2.75, 3.05) is 13.2 Å². The molecule has 1 atom stereocenters. The fourth-order valence-corrected chi connectivity index (χ4v) is 3.73. The van der Waals surface area contributed by atoms with E-state index in [1.165, 1.54) is 0 Å². The van der Waals surface area contributed by atoms with Crippen LogP contribution >= 0.6 is 0 Å². The normalized spacial score (nSPS) is 12.0. The second-order valence-electron chi connectivity index (χ2n) is 13.9. The lowest BCUT2D eigenvalue weighted by atomic mass is 10.1. The number of alkyl carbamates (subject to hydrolysis) is 3. The highest BCUT2D eigenvalue weighted by atomic mass is 16.6. The fraction of sp³-hybridized carbons (Fsp3) is 0.514. The van der Waals surface area contributed by atoms with Gasteiger partial charge in [-0.3, -0.25) is 10.6 Å². The summed E-state index contributed by atoms with van der Waals surface area (Å²) in [5.41, 5.74) is -0.721. The maximum Gasteiger partial charge on any atom is 0.414 e. The zero-order valence-electron chi connectivity index (χ0n) is 29.8. The number of oxime groups is 1. The number of hydrogen-bond acceptors (Lipinski definition) is 11. The summed E-state index contributed by atoms with van der Waals surface area (Å²) in [6.45, 7) is 15.8. The zero-order chi connectivity index (χ0) is 36.7. The second-order valence-corrected chi connectivity index (χ2v) is 13.9.